The number of benzene rings is 2. The van der Waals surface area contributed by atoms with Crippen LogP contribution in [0.4, 0.5) is 4.79 Å². The molecule has 1 aliphatic carbocycles. The lowest BCUT2D eigenvalue weighted by molar-refractivity contribution is -0.147. The van der Waals surface area contributed by atoms with E-state index in [0.29, 0.717) is 10.7 Å². The number of carboxylic acid groups (broad SMARTS) is 1. The largest absolute Gasteiger partial charge is 0.479 e. The van der Waals surface area contributed by atoms with Crippen LogP contribution in [0, 0.1) is 0 Å². The summed E-state index contributed by atoms with van der Waals surface area (Å²) in [5, 5.41) is 25.4. The zero-order valence-corrected chi connectivity index (χ0v) is 19.6. The van der Waals surface area contributed by atoms with Crippen LogP contribution >= 0.6 is 11.3 Å². The molecule has 0 aliphatic heterocycles. The fourth-order valence-corrected chi connectivity index (χ4v) is 4.74. The lowest BCUT2D eigenvalue weighted by Gasteiger charge is -2.14. The predicted octanol–water partition coefficient (Wildman–Crippen LogP) is 2.68. The van der Waals surface area contributed by atoms with Crippen LogP contribution in [0.5, 0.6) is 0 Å². The standard InChI is InChI=1S/C25H25N3O6S/c29-21(24(31)32)9-10-26-22(30)11-15-14-35-23(28-15)12-27-25(33)34-13-20-18-7-3-1-5-16(18)17-6-2-4-8-19(17)20/h1-8,14,20-21,29H,9-13H2,(H,26,30)(H,27,33)(H,31,32). The zero-order valence-electron chi connectivity index (χ0n) is 18.8. The molecule has 0 fully saturated rings. The minimum absolute atomic E-state index is 0.0185. The van der Waals surface area contributed by atoms with Gasteiger partial charge in [0.25, 0.3) is 0 Å². The van der Waals surface area contributed by atoms with Gasteiger partial charge < -0.3 is 25.6 Å². The third-order valence-electron chi connectivity index (χ3n) is 5.69. The van der Waals surface area contributed by atoms with E-state index in [2.05, 4.69) is 39.9 Å². The molecular formula is C25H25N3O6S. The summed E-state index contributed by atoms with van der Waals surface area (Å²) in [6.45, 7) is 0.445. The Morgan fingerprint density at radius 2 is 1.69 bits per heavy atom. The summed E-state index contributed by atoms with van der Waals surface area (Å²) in [4.78, 5) is 39.2. The van der Waals surface area contributed by atoms with Crippen LogP contribution in [0.1, 0.15) is 34.2 Å². The number of rotatable bonds is 10. The van der Waals surface area contributed by atoms with E-state index in [-0.39, 0.29) is 44.4 Å². The number of thiazole rings is 1. The first-order valence-corrected chi connectivity index (χ1v) is 12.0. The van der Waals surface area contributed by atoms with Gasteiger partial charge in [0.05, 0.1) is 18.7 Å². The fourth-order valence-electron chi connectivity index (χ4n) is 4.01. The van der Waals surface area contributed by atoms with Crippen molar-refractivity contribution in [2.45, 2.75) is 31.4 Å². The van der Waals surface area contributed by atoms with E-state index in [1.165, 1.54) is 11.3 Å². The van der Waals surface area contributed by atoms with Crippen LogP contribution in [0.3, 0.4) is 0 Å². The van der Waals surface area contributed by atoms with E-state index in [9.17, 15) is 19.5 Å². The van der Waals surface area contributed by atoms with E-state index < -0.39 is 18.2 Å². The molecule has 35 heavy (non-hydrogen) atoms. The normalized spacial score (nSPS) is 12.9. The monoisotopic (exact) mass is 495 g/mol. The van der Waals surface area contributed by atoms with Crippen LogP contribution in [0.2, 0.25) is 0 Å². The lowest BCUT2D eigenvalue weighted by atomic mass is 9.98. The van der Waals surface area contributed by atoms with Crippen LogP contribution in [-0.4, -0.2) is 52.4 Å². The van der Waals surface area contributed by atoms with E-state index >= 15 is 0 Å². The molecule has 0 radical (unpaired) electrons. The van der Waals surface area contributed by atoms with Crippen LogP contribution in [-0.2, 0) is 27.3 Å². The third-order valence-corrected chi connectivity index (χ3v) is 6.59. The molecule has 1 unspecified atom stereocenters. The zero-order chi connectivity index (χ0) is 24.8. The van der Waals surface area contributed by atoms with Gasteiger partial charge in [0.15, 0.2) is 6.10 Å². The number of carboxylic acids is 1. The second-order valence-electron chi connectivity index (χ2n) is 8.08. The summed E-state index contributed by atoms with van der Waals surface area (Å²) >= 11 is 1.31. The number of carbonyl (C=O) groups excluding carboxylic acids is 2. The molecule has 0 spiro atoms. The molecule has 10 heteroatoms. The molecule has 1 atom stereocenters. The number of nitrogens with one attached hydrogen (secondary N) is 2. The number of nitrogens with zero attached hydrogens (tertiary/aromatic N) is 1. The van der Waals surface area contributed by atoms with Gasteiger partial charge >= 0.3 is 12.1 Å². The Hall–Kier alpha value is -3.76. The summed E-state index contributed by atoms with van der Waals surface area (Å²) in [6, 6.07) is 16.2. The number of aliphatic hydroxyl groups is 1. The topological polar surface area (TPSA) is 138 Å². The van der Waals surface area contributed by atoms with Crippen molar-refractivity contribution in [2.24, 2.45) is 0 Å². The Morgan fingerprint density at radius 1 is 1.03 bits per heavy atom. The van der Waals surface area contributed by atoms with E-state index in [4.69, 9.17) is 9.84 Å². The number of fused-ring (bicyclic) bond motifs is 3. The Labute approximate surface area is 205 Å². The second kappa shape index (κ2) is 11.1. The quantitative estimate of drug-likeness (QED) is 0.339. The third kappa shape index (κ3) is 6.03. The summed E-state index contributed by atoms with van der Waals surface area (Å²) in [5.74, 6) is -1.68. The molecule has 2 amide bonds. The molecule has 182 valence electrons. The number of hydrogen-bond acceptors (Lipinski definition) is 7. The van der Waals surface area contributed by atoms with Gasteiger partial charge in [-0.2, -0.15) is 0 Å². The maximum Gasteiger partial charge on any atom is 0.407 e. The number of carbonyl (C=O) groups is 3. The molecule has 0 saturated heterocycles. The number of aromatic nitrogens is 1. The Bertz CT molecular complexity index is 1180. The van der Waals surface area contributed by atoms with Crippen molar-refractivity contribution < 1.29 is 29.3 Å². The van der Waals surface area contributed by atoms with E-state index in [0.717, 1.165) is 22.3 Å². The molecule has 3 aromatic rings. The van der Waals surface area contributed by atoms with Gasteiger partial charge in [0.1, 0.15) is 11.6 Å². The minimum atomic E-state index is -1.51. The van der Waals surface area contributed by atoms with Crippen LogP contribution < -0.4 is 10.6 Å². The first-order chi connectivity index (χ1) is 16.9. The van der Waals surface area contributed by atoms with Crippen molar-refractivity contribution in [1.82, 2.24) is 15.6 Å². The number of aliphatic hydroxyl groups excluding tert-OH is 1. The van der Waals surface area contributed by atoms with Crippen LogP contribution in [0.25, 0.3) is 11.1 Å². The SMILES string of the molecule is O=C(Cc1csc(CNC(=O)OCC2c3ccccc3-c3ccccc32)n1)NCCC(O)C(=O)O. The van der Waals surface area contributed by atoms with Gasteiger partial charge in [-0.1, -0.05) is 48.5 Å². The van der Waals surface area contributed by atoms with Crippen molar-refractivity contribution in [3.63, 3.8) is 0 Å². The molecule has 1 aromatic heterocycles. The van der Waals surface area contributed by atoms with Crippen molar-refractivity contribution in [2.75, 3.05) is 13.2 Å². The molecule has 4 rings (SSSR count). The van der Waals surface area contributed by atoms with Crippen molar-refractivity contribution in [1.29, 1.82) is 0 Å². The predicted molar refractivity (Wildman–Crippen MR) is 129 cm³/mol. The Balaban J connectivity index is 1.22. The molecule has 9 nitrogen and oxygen atoms in total. The molecule has 0 bridgehead atoms. The maximum absolute atomic E-state index is 12.3. The molecular weight excluding hydrogens is 470 g/mol. The van der Waals surface area contributed by atoms with Gasteiger partial charge in [0, 0.05) is 24.3 Å². The molecule has 0 saturated carbocycles. The summed E-state index contributed by atoms with van der Waals surface area (Å²) < 4.78 is 5.51. The first-order valence-electron chi connectivity index (χ1n) is 11.1. The average molecular weight is 496 g/mol. The molecule has 4 N–H and O–H groups in total. The van der Waals surface area contributed by atoms with Crippen LogP contribution in [0.15, 0.2) is 53.9 Å². The highest BCUT2D eigenvalue weighted by Gasteiger charge is 2.29. The maximum atomic E-state index is 12.3. The fraction of sp³-hybridized carbons (Fsp3) is 0.280. The van der Waals surface area contributed by atoms with Crippen molar-refractivity contribution >= 4 is 29.3 Å². The smallest absolute Gasteiger partial charge is 0.407 e. The van der Waals surface area contributed by atoms with Gasteiger partial charge in [-0.05, 0) is 22.3 Å². The summed E-state index contributed by atoms with van der Waals surface area (Å²) in [7, 11) is 0. The van der Waals surface area contributed by atoms with E-state index in [1.54, 1.807) is 5.38 Å². The van der Waals surface area contributed by atoms with Gasteiger partial charge in [-0.25, -0.2) is 14.6 Å². The first kappa shape index (κ1) is 24.4. The molecule has 2 aromatic carbocycles. The Morgan fingerprint density at radius 3 is 2.34 bits per heavy atom. The second-order valence-corrected chi connectivity index (χ2v) is 9.02. The van der Waals surface area contributed by atoms with Gasteiger partial charge in [0.2, 0.25) is 5.91 Å². The Kier molecular flexibility index (Phi) is 7.74. The molecule has 1 aliphatic rings. The number of hydrogen-bond donors (Lipinski definition) is 4. The molecule has 1 heterocycles. The highest BCUT2D eigenvalue weighted by molar-refractivity contribution is 7.09. The average Bonchev–Trinajstić information content (AvgIpc) is 3.43. The highest BCUT2D eigenvalue weighted by atomic mass is 32.1. The van der Waals surface area contributed by atoms with E-state index in [1.807, 2.05) is 24.3 Å². The van der Waals surface area contributed by atoms with Crippen molar-refractivity contribution in [3.8, 4) is 11.1 Å². The minimum Gasteiger partial charge on any atom is -0.479 e. The van der Waals surface area contributed by atoms with Gasteiger partial charge in [-0.3, -0.25) is 4.79 Å². The highest BCUT2D eigenvalue weighted by Crippen LogP contribution is 2.44. The lowest BCUT2D eigenvalue weighted by Crippen LogP contribution is -2.31. The number of aliphatic carboxylic acids is 1. The number of ether oxygens (including phenoxy) is 1. The summed E-state index contributed by atoms with van der Waals surface area (Å²) in [6.07, 6.45) is -2.11. The number of amides is 2. The van der Waals surface area contributed by atoms with Crippen molar-refractivity contribution in [3.05, 3.63) is 75.7 Å². The number of alkyl carbamates (subject to hydrolysis) is 1. The summed E-state index contributed by atoms with van der Waals surface area (Å²) in [5.41, 5.74) is 5.14. The van der Waals surface area contributed by atoms with Gasteiger partial charge in [-0.15, -0.1) is 11.3 Å².